The minimum absolute atomic E-state index is 0.0220. The average molecular weight is 518 g/mol. The maximum Gasteiger partial charge on any atom is 0.416 e. The van der Waals surface area contributed by atoms with Gasteiger partial charge in [0.25, 0.3) is 0 Å². The van der Waals surface area contributed by atoms with Crippen molar-refractivity contribution in [3.05, 3.63) is 83.9 Å². The quantitative estimate of drug-likeness (QED) is 0.281. The number of alkyl halides is 3. The number of amides is 2. The lowest BCUT2D eigenvalue weighted by Gasteiger charge is -2.28. The number of halogens is 3. The molecule has 37 heavy (non-hydrogen) atoms. The number of nitrogens with zero attached hydrogens (tertiary/aromatic N) is 2. The number of hydrogen-bond donors (Lipinski definition) is 1. The molecule has 0 aliphatic carbocycles. The highest BCUT2D eigenvalue weighted by atomic mass is 19.4. The molecule has 198 valence electrons. The summed E-state index contributed by atoms with van der Waals surface area (Å²) in [5.74, 6) is -1.53. The highest BCUT2D eigenvalue weighted by Gasteiger charge is 2.48. The molecule has 2 amide bonds. The Bertz CT molecular complexity index is 1110. The van der Waals surface area contributed by atoms with Gasteiger partial charge in [-0.1, -0.05) is 55.5 Å². The molecule has 0 unspecified atom stereocenters. The van der Waals surface area contributed by atoms with E-state index in [9.17, 15) is 27.6 Å². The molecule has 0 radical (unpaired) electrons. The summed E-state index contributed by atoms with van der Waals surface area (Å²) in [4.78, 5) is 41.4. The van der Waals surface area contributed by atoms with Crippen LogP contribution in [0.15, 0.2) is 67.3 Å². The van der Waals surface area contributed by atoms with Crippen LogP contribution in [-0.2, 0) is 38.3 Å². The second-order valence-electron chi connectivity index (χ2n) is 8.82. The van der Waals surface area contributed by atoms with Gasteiger partial charge in [0, 0.05) is 6.54 Å². The maximum atomic E-state index is 13.2. The topological polar surface area (TPSA) is 92.7 Å². The van der Waals surface area contributed by atoms with Crippen molar-refractivity contribution >= 4 is 17.8 Å². The van der Waals surface area contributed by atoms with Crippen LogP contribution in [0.5, 0.6) is 0 Å². The standard InChI is InChI=1S/C27H30F3N3O4/c1-3-14-32(22(4-2)26(36)37-17-19-8-6-5-7-9-19)25(35)23-16-33(23)24(34)21(31)15-18-10-12-20(13-11-18)27(28,29)30/h4-13,21-23H,2-3,14-17,31H2,1H3/t21-,22-,23+,33?/m1/s1. The first-order valence-electron chi connectivity index (χ1n) is 11.9. The van der Waals surface area contributed by atoms with Crippen molar-refractivity contribution in [1.82, 2.24) is 9.80 Å². The van der Waals surface area contributed by atoms with E-state index >= 15 is 0 Å². The number of hydrogen-bond acceptors (Lipinski definition) is 5. The molecule has 1 aliphatic rings. The number of benzene rings is 2. The Kier molecular flexibility index (Phi) is 9.09. The third kappa shape index (κ3) is 7.19. The molecule has 1 fully saturated rings. The van der Waals surface area contributed by atoms with Crippen LogP contribution < -0.4 is 5.73 Å². The molecule has 2 aromatic rings. The van der Waals surface area contributed by atoms with Crippen molar-refractivity contribution in [2.45, 2.75) is 50.7 Å². The predicted octanol–water partition coefficient (Wildman–Crippen LogP) is 3.32. The summed E-state index contributed by atoms with van der Waals surface area (Å²) in [5, 5.41) is 0. The zero-order chi connectivity index (χ0) is 27.2. The van der Waals surface area contributed by atoms with Crippen LogP contribution in [0, 0.1) is 0 Å². The normalized spacial score (nSPS) is 16.5. The molecular formula is C27H30F3N3O4. The van der Waals surface area contributed by atoms with Gasteiger partial charge < -0.3 is 20.3 Å². The monoisotopic (exact) mass is 517 g/mol. The van der Waals surface area contributed by atoms with Crippen molar-refractivity contribution in [3.8, 4) is 0 Å². The van der Waals surface area contributed by atoms with E-state index in [1.807, 2.05) is 37.3 Å². The SMILES string of the molecule is C=C[C@H](C(=O)OCc1ccccc1)N(CCC)C(=O)[C@@H]1CN1C(=O)[C@H](N)Cc1ccc(C(F)(F)F)cc1. The van der Waals surface area contributed by atoms with E-state index in [1.165, 1.54) is 28.0 Å². The number of carbonyl (C=O) groups is 3. The molecule has 2 aromatic carbocycles. The Hall–Kier alpha value is -3.66. The van der Waals surface area contributed by atoms with E-state index in [4.69, 9.17) is 10.5 Å². The zero-order valence-electron chi connectivity index (χ0n) is 20.5. The molecule has 1 saturated heterocycles. The molecule has 3 rings (SSSR count). The second kappa shape index (κ2) is 12.1. The second-order valence-corrected chi connectivity index (χ2v) is 8.82. The number of nitrogens with two attached hydrogens (primary N) is 1. The number of ether oxygens (including phenoxy) is 1. The summed E-state index contributed by atoms with van der Waals surface area (Å²) < 4.78 is 43.7. The van der Waals surface area contributed by atoms with Crippen molar-refractivity contribution in [2.75, 3.05) is 13.1 Å². The van der Waals surface area contributed by atoms with Gasteiger partial charge in [0.2, 0.25) is 11.8 Å². The lowest BCUT2D eigenvalue weighted by atomic mass is 10.0. The van der Waals surface area contributed by atoms with Gasteiger partial charge in [-0.05, 0) is 36.1 Å². The Morgan fingerprint density at radius 1 is 1.14 bits per heavy atom. The first-order chi connectivity index (χ1) is 17.6. The fourth-order valence-electron chi connectivity index (χ4n) is 3.96. The van der Waals surface area contributed by atoms with E-state index in [-0.39, 0.29) is 26.1 Å². The fraction of sp³-hybridized carbons (Fsp3) is 0.370. The first-order valence-corrected chi connectivity index (χ1v) is 11.9. The number of carbonyl (C=O) groups excluding carboxylic acids is 3. The molecule has 0 saturated carbocycles. The third-order valence-electron chi connectivity index (χ3n) is 6.01. The maximum absolute atomic E-state index is 13.2. The van der Waals surface area contributed by atoms with E-state index in [1.54, 1.807) is 0 Å². The van der Waals surface area contributed by atoms with Crippen LogP contribution in [0.2, 0.25) is 0 Å². The molecular weight excluding hydrogens is 487 g/mol. The van der Waals surface area contributed by atoms with Gasteiger partial charge >= 0.3 is 12.1 Å². The minimum Gasteiger partial charge on any atom is -0.459 e. The van der Waals surface area contributed by atoms with Crippen molar-refractivity contribution < 1.29 is 32.3 Å². The van der Waals surface area contributed by atoms with E-state index in [0.717, 1.165) is 17.7 Å². The largest absolute Gasteiger partial charge is 0.459 e. The molecule has 0 aromatic heterocycles. The Morgan fingerprint density at radius 2 is 1.78 bits per heavy atom. The smallest absolute Gasteiger partial charge is 0.416 e. The van der Waals surface area contributed by atoms with E-state index in [2.05, 4.69) is 6.58 Å². The van der Waals surface area contributed by atoms with Crippen molar-refractivity contribution in [3.63, 3.8) is 0 Å². The zero-order valence-corrected chi connectivity index (χ0v) is 20.5. The lowest BCUT2D eigenvalue weighted by Crippen LogP contribution is -2.48. The summed E-state index contributed by atoms with van der Waals surface area (Å²) >= 11 is 0. The summed E-state index contributed by atoms with van der Waals surface area (Å²) in [7, 11) is 0. The number of esters is 1. The molecule has 7 nitrogen and oxygen atoms in total. The van der Waals surface area contributed by atoms with Crippen molar-refractivity contribution in [1.29, 1.82) is 0 Å². The van der Waals surface area contributed by atoms with Crippen LogP contribution in [0.4, 0.5) is 13.2 Å². The van der Waals surface area contributed by atoms with Gasteiger partial charge in [-0.3, -0.25) is 9.59 Å². The molecule has 0 spiro atoms. The average Bonchev–Trinajstić information content (AvgIpc) is 3.68. The van der Waals surface area contributed by atoms with Crippen LogP contribution in [0.25, 0.3) is 0 Å². The molecule has 1 aliphatic heterocycles. The molecule has 3 atom stereocenters. The molecule has 2 N–H and O–H groups in total. The van der Waals surface area contributed by atoms with Gasteiger partial charge in [-0.2, -0.15) is 13.2 Å². The first kappa shape index (κ1) is 27.9. The minimum atomic E-state index is -4.45. The summed E-state index contributed by atoms with van der Waals surface area (Å²) in [6, 6.07) is 10.7. The predicted molar refractivity (Wildman–Crippen MR) is 131 cm³/mol. The molecule has 1 heterocycles. The lowest BCUT2D eigenvalue weighted by molar-refractivity contribution is -0.154. The van der Waals surface area contributed by atoms with Gasteiger partial charge in [0.15, 0.2) is 0 Å². The Balaban J connectivity index is 1.60. The van der Waals surface area contributed by atoms with Gasteiger partial charge in [0.1, 0.15) is 18.7 Å². The Labute approximate surface area is 213 Å². The molecule has 10 heteroatoms. The molecule has 0 bridgehead atoms. The van der Waals surface area contributed by atoms with Gasteiger partial charge in [0.05, 0.1) is 18.2 Å². The summed E-state index contributed by atoms with van der Waals surface area (Å²) in [5.41, 5.74) is 6.49. The highest BCUT2D eigenvalue weighted by molar-refractivity contribution is 5.96. The fourth-order valence-corrected chi connectivity index (χ4v) is 3.96. The van der Waals surface area contributed by atoms with Crippen molar-refractivity contribution in [2.24, 2.45) is 5.73 Å². The summed E-state index contributed by atoms with van der Waals surface area (Å²) in [6.07, 6.45) is -2.53. The van der Waals surface area contributed by atoms with Crippen LogP contribution in [0.3, 0.4) is 0 Å². The van der Waals surface area contributed by atoms with Crippen LogP contribution >= 0.6 is 0 Å². The van der Waals surface area contributed by atoms with Crippen LogP contribution in [0.1, 0.15) is 30.0 Å². The van der Waals surface area contributed by atoms with Gasteiger partial charge in [-0.25, -0.2) is 4.79 Å². The van der Waals surface area contributed by atoms with Gasteiger partial charge in [-0.15, -0.1) is 6.58 Å². The van der Waals surface area contributed by atoms with E-state index in [0.29, 0.717) is 12.0 Å². The highest BCUT2D eigenvalue weighted by Crippen LogP contribution is 2.29. The summed E-state index contributed by atoms with van der Waals surface area (Å²) in [6.45, 7) is 5.98. The van der Waals surface area contributed by atoms with Crippen LogP contribution in [-0.4, -0.2) is 58.8 Å². The van der Waals surface area contributed by atoms with E-state index < -0.39 is 47.6 Å². The third-order valence-corrected chi connectivity index (χ3v) is 6.01. The Morgan fingerprint density at radius 3 is 2.35 bits per heavy atom. The number of rotatable bonds is 11.